The fourth-order valence-electron chi connectivity index (χ4n) is 1.89. The molecule has 1 aromatic heterocycles. The quantitative estimate of drug-likeness (QED) is 0.635. The maximum atomic E-state index is 9.63. The summed E-state index contributed by atoms with van der Waals surface area (Å²) in [4.78, 5) is 3.30. The van der Waals surface area contributed by atoms with Gasteiger partial charge in [-0.15, -0.1) is 0 Å². The van der Waals surface area contributed by atoms with E-state index in [2.05, 4.69) is 20.9 Å². The van der Waals surface area contributed by atoms with Crippen LogP contribution >= 0.6 is 15.9 Å². The molecule has 15 heavy (non-hydrogen) atoms. The number of phenols is 1. The fourth-order valence-corrected chi connectivity index (χ4v) is 2.45. The van der Waals surface area contributed by atoms with E-state index in [1.807, 2.05) is 30.3 Å². The average Bonchev–Trinajstić information content (AvgIpc) is 2.62. The van der Waals surface area contributed by atoms with Crippen molar-refractivity contribution in [3.05, 3.63) is 40.9 Å². The maximum absolute atomic E-state index is 9.63. The van der Waals surface area contributed by atoms with Crippen molar-refractivity contribution in [2.75, 3.05) is 0 Å². The third kappa shape index (κ3) is 1.16. The van der Waals surface area contributed by atoms with Crippen LogP contribution in [-0.4, -0.2) is 10.1 Å². The number of benzene rings is 2. The second-order valence-electron chi connectivity index (χ2n) is 3.49. The third-order valence-electron chi connectivity index (χ3n) is 2.59. The van der Waals surface area contributed by atoms with Crippen molar-refractivity contribution in [3.8, 4) is 5.75 Å². The summed E-state index contributed by atoms with van der Waals surface area (Å²) in [5, 5.41) is 11.8. The minimum absolute atomic E-state index is 0.271. The number of H-pyrrole nitrogens is 1. The Morgan fingerprint density at radius 2 is 1.80 bits per heavy atom. The smallest absolute Gasteiger partial charge is 0.130 e. The van der Waals surface area contributed by atoms with Crippen LogP contribution < -0.4 is 0 Å². The lowest BCUT2D eigenvalue weighted by Crippen LogP contribution is -1.71. The van der Waals surface area contributed by atoms with Crippen LogP contribution in [0.4, 0.5) is 0 Å². The zero-order valence-corrected chi connectivity index (χ0v) is 9.38. The van der Waals surface area contributed by atoms with E-state index in [0.717, 1.165) is 26.3 Å². The van der Waals surface area contributed by atoms with E-state index in [-0.39, 0.29) is 5.75 Å². The zero-order chi connectivity index (χ0) is 10.4. The molecular formula is C12H8BrNO. The van der Waals surface area contributed by atoms with Gasteiger partial charge in [-0.25, -0.2) is 0 Å². The number of aromatic nitrogens is 1. The van der Waals surface area contributed by atoms with Crippen LogP contribution in [0.2, 0.25) is 0 Å². The molecule has 0 saturated heterocycles. The van der Waals surface area contributed by atoms with Gasteiger partial charge in [0, 0.05) is 21.8 Å². The van der Waals surface area contributed by atoms with Crippen molar-refractivity contribution >= 4 is 37.7 Å². The number of para-hydroxylation sites is 1. The van der Waals surface area contributed by atoms with Gasteiger partial charge in [0.25, 0.3) is 0 Å². The van der Waals surface area contributed by atoms with Gasteiger partial charge in [-0.3, -0.25) is 0 Å². The number of aromatic amines is 1. The molecule has 0 fully saturated rings. The van der Waals surface area contributed by atoms with Crippen LogP contribution in [-0.2, 0) is 0 Å². The van der Waals surface area contributed by atoms with Crippen LogP contribution in [0.5, 0.6) is 5.75 Å². The van der Waals surface area contributed by atoms with E-state index in [9.17, 15) is 5.11 Å². The zero-order valence-electron chi connectivity index (χ0n) is 7.79. The Morgan fingerprint density at radius 1 is 1.00 bits per heavy atom. The molecule has 0 aliphatic heterocycles. The van der Waals surface area contributed by atoms with Gasteiger partial charge in [-0.05, 0) is 34.1 Å². The van der Waals surface area contributed by atoms with E-state index in [4.69, 9.17) is 0 Å². The number of fused-ring (bicyclic) bond motifs is 3. The van der Waals surface area contributed by atoms with Gasteiger partial charge in [0.2, 0.25) is 0 Å². The van der Waals surface area contributed by atoms with Crippen molar-refractivity contribution in [1.29, 1.82) is 0 Å². The van der Waals surface area contributed by atoms with Crippen LogP contribution in [0.15, 0.2) is 40.9 Å². The van der Waals surface area contributed by atoms with Crippen LogP contribution in [0, 0.1) is 0 Å². The topological polar surface area (TPSA) is 36.0 Å². The SMILES string of the molecule is Oc1ccc2[nH]c3ccccc3c2c1Br. The fraction of sp³-hybridized carbons (Fsp3) is 0. The van der Waals surface area contributed by atoms with Gasteiger partial charge in [0.15, 0.2) is 0 Å². The molecule has 3 aromatic rings. The Kier molecular flexibility index (Phi) is 1.76. The Hall–Kier alpha value is -1.48. The van der Waals surface area contributed by atoms with Gasteiger partial charge in [0.05, 0.1) is 4.47 Å². The molecule has 0 unspecified atom stereocenters. The summed E-state index contributed by atoms with van der Waals surface area (Å²) in [5.41, 5.74) is 2.11. The predicted octanol–water partition coefficient (Wildman–Crippen LogP) is 3.79. The molecule has 2 nitrogen and oxygen atoms in total. The Labute approximate surface area is 94.7 Å². The van der Waals surface area contributed by atoms with E-state index >= 15 is 0 Å². The largest absolute Gasteiger partial charge is 0.507 e. The lowest BCUT2D eigenvalue weighted by molar-refractivity contribution is 0.473. The molecule has 74 valence electrons. The Morgan fingerprint density at radius 3 is 2.67 bits per heavy atom. The molecule has 3 heteroatoms. The van der Waals surface area contributed by atoms with Crippen LogP contribution in [0.1, 0.15) is 0 Å². The molecule has 0 atom stereocenters. The highest BCUT2D eigenvalue weighted by Gasteiger charge is 2.09. The van der Waals surface area contributed by atoms with Crippen LogP contribution in [0.25, 0.3) is 21.8 Å². The molecule has 0 spiro atoms. The van der Waals surface area contributed by atoms with Gasteiger partial charge >= 0.3 is 0 Å². The monoisotopic (exact) mass is 261 g/mol. The summed E-state index contributed by atoms with van der Waals surface area (Å²) in [5.74, 6) is 0.271. The van der Waals surface area contributed by atoms with Crippen molar-refractivity contribution in [2.45, 2.75) is 0 Å². The van der Waals surface area contributed by atoms with Crippen molar-refractivity contribution in [1.82, 2.24) is 4.98 Å². The second-order valence-corrected chi connectivity index (χ2v) is 4.28. The maximum Gasteiger partial charge on any atom is 0.130 e. The van der Waals surface area contributed by atoms with Gasteiger partial charge in [-0.1, -0.05) is 18.2 Å². The summed E-state index contributed by atoms with van der Waals surface area (Å²) in [6.07, 6.45) is 0. The average molecular weight is 262 g/mol. The van der Waals surface area contributed by atoms with E-state index < -0.39 is 0 Å². The molecule has 2 N–H and O–H groups in total. The molecule has 0 amide bonds. The second kappa shape index (κ2) is 3.00. The van der Waals surface area contributed by atoms with Gasteiger partial charge in [-0.2, -0.15) is 0 Å². The molecule has 0 saturated carbocycles. The highest BCUT2D eigenvalue weighted by atomic mass is 79.9. The highest BCUT2D eigenvalue weighted by molar-refractivity contribution is 9.10. The van der Waals surface area contributed by atoms with E-state index in [1.54, 1.807) is 6.07 Å². The lowest BCUT2D eigenvalue weighted by Gasteiger charge is -1.98. The molecule has 1 heterocycles. The molecule has 0 bridgehead atoms. The van der Waals surface area contributed by atoms with Gasteiger partial charge < -0.3 is 10.1 Å². The standard InChI is InChI=1S/C12H8BrNO/c13-12-10(15)6-5-9-11(12)7-3-1-2-4-8(7)14-9/h1-6,14-15H. The first kappa shape index (κ1) is 8.80. The highest BCUT2D eigenvalue weighted by Crippen LogP contribution is 2.36. The number of nitrogens with one attached hydrogen (secondary N) is 1. The predicted molar refractivity (Wildman–Crippen MR) is 65.2 cm³/mol. The number of rotatable bonds is 0. The summed E-state index contributed by atoms with van der Waals surface area (Å²) in [6, 6.07) is 11.6. The molecule has 2 aromatic carbocycles. The minimum atomic E-state index is 0.271. The summed E-state index contributed by atoms with van der Waals surface area (Å²) in [7, 11) is 0. The molecule has 0 aliphatic rings. The number of aromatic hydroxyl groups is 1. The molecular weight excluding hydrogens is 254 g/mol. The summed E-state index contributed by atoms with van der Waals surface area (Å²) < 4.78 is 0.748. The molecule has 0 radical (unpaired) electrons. The van der Waals surface area contributed by atoms with E-state index in [0.29, 0.717) is 0 Å². The summed E-state index contributed by atoms with van der Waals surface area (Å²) >= 11 is 3.41. The van der Waals surface area contributed by atoms with Crippen molar-refractivity contribution in [2.24, 2.45) is 0 Å². The number of phenolic OH excluding ortho intramolecular Hbond substituents is 1. The lowest BCUT2D eigenvalue weighted by atomic mass is 10.1. The molecule has 3 rings (SSSR count). The van der Waals surface area contributed by atoms with E-state index in [1.165, 1.54) is 0 Å². The Balaban J connectivity index is 2.63. The summed E-state index contributed by atoms with van der Waals surface area (Å²) in [6.45, 7) is 0. The van der Waals surface area contributed by atoms with Crippen molar-refractivity contribution < 1.29 is 5.11 Å². The Bertz CT molecular complexity index is 657. The van der Waals surface area contributed by atoms with Gasteiger partial charge in [0.1, 0.15) is 5.75 Å². The number of hydrogen-bond acceptors (Lipinski definition) is 1. The minimum Gasteiger partial charge on any atom is -0.507 e. The molecule has 0 aliphatic carbocycles. The first-order valence-corrected chi connectivity index (χ1v) is 5.44. The normalized spacial score (nSPS) is 11.3. The first-order chi connectivity index (χ1) is 7.27. The number of halogens is 1. The third-order valence-corrected chi connectivity index (χ3v) is 3.39. The number of hydrogen-bond donors (Lipinski definition) is 2. The van der Waals surface area contributed by atoms with Crippen molar-refractivity contribution in [3.63, 3.8) is 0 Å². The van der Waals surface area contributed by atoms with Crippen LogP contribution in [0.3, 0.4) is 0 Å². The first-order valence-electron chi connectivity index (χ1n) is 4.65.